The molecule has 0 fully saturated rings. The van der Waals surface area contributed by atoms with E-state index < -0.39 is 0 Å². The van der Waals surface area contributed by atoms with E-state index in [1.54, 1.807) is 6.07 Å². The van der Waals surface area contributed by atoms with Crippen LogP contribution in [0.5, 0.6) is 5.75 Å². The number of aryl methyl sites for hydroxylation is 1. The predicted octanol–water partition coefficient (Wildman–Crippen LogP) is 2.70. The van der Waals surface area contributed by atoms with Gasteiger partial charge in [0.2, 0.25) is 0 Å². The molecule has 2 heteroatoms. The number of fused-ring (bicyclic) bond motifs is 1. The third-order valence-corrected chi connectivity index (χ3v) is 1.74. The zero-order valence-electron chi connectivity index (χ0n) is 9.64. The Hall–Kier alpha value is -1.44. The minimum absolute atomic E-state index is 0.146. The molecule has 0 aliphatic heterocycles. The number of benzene rings is 1. The van der Waals surface area contributed by atoms with Crippen molar-refractivity contribution in [1.82, 2.24) is 0 Å². The molecule has 2 rings (SSSR count). The first-order valence-corrected chi connectivity index (χ1v) is 3.77. The van der Waals surface area contributed by atoms with Crippen molar-refractivity contribution in [2.75, 3.05) is 0 Å². The number of phenols is 1. The highest BCUT2D eigenvalue weighted by Crippen LogP contribution is 2.27. The summed E-state index contributed by atoms with van der Waals surface area (Å²) in [5.74, 6) is 0.355. The van der Waals surface area contributed by atoms with E-state index in [0.717, 1.165) is 0 Å². The van der Waals surface area contributed by atoms with Crippen LogP contribution in [-0.4, -0.2) is 5.11 Å². The molecule has 1 aromatic carbocycles. The summed E-state index contributed by atoms with van der Waals surface area (Å²) >= 11 is 0. The van der Waals surface area contributed by atoms with Crippen LogP contribution in [0.4, 0.5) is 0 Å². The van der Waals surface area contributed by atoms with Crippen molar-refractivity contribution in [1.29, 1.82) is 0 Å². The van der Waals surface area contributed by atoms with Crippen molar-refractivity contribution in [3.63, 3.8) is 0 Å². The van der Waals surface area contributed by atoms with Gasteiger partial charge < -0.3 is 9.52 Å². The molecule has 0 amide bonds. The molecule has 12 heavy (non-hydrogen) atoms. The van der Waals surface area contributed by atoms with Crippen molar-refractivity contribution in [3.05, 3.63) is 30.0 Å². The Morgan fingerprint density at radius 2 is 2.42 bits per heavy atom. The maximum absolute atomic E-state index is 9.62. The monoisotopic (exact) mass is 165 g/mol. The largest absolute Gasteiger partial charge is 0.507 e. The molecule has 1 aromatic heterocycles. The molecule has 0 bridgehead atoms. The zero-order valence-corrected chi connectivity index (χ0v) is 6.64. The van der Waals surface area contributed by atoms with Crippen molar-refractivity contribution in [2.45, 2.75) is 13.3 Å². The highest BCUT2D eigenvalue weighted by atomic mass is 16.3. The summed E-state index contributed by atoms with van der Waals surface area (Å²) in [6.45, 7) is 1.89. The van der Waals surface area contributed by atoms with Crippen molar-refractivity contribution in [3.8, 4) is 5.75 Å². The first-order chi connectivity index (χ1) is 7.06. The van der Waals surface area contributed by atoms with Gasteiger partial charge in [-0.3, -0.25) is 0 Å². The van der Waals surface area contributed by atoms with Gasteiger partial charge in [-0.15, -0.1) is 0 Å². The topological polar surface area (TPSA) is 33.4 Å². The number of aromatic hydroxyl groups is 1. The van der Waals surface area contributed by atoms with E-state index in [-0.39, 0.29) is 29.5 Å². The van der Waals surface area contributed by atoms with Crippen LogP contribution in [0.3, 0.4) is 0 Å². The van der Waals surface area contributed by atoms with Gasteiger partial charge in [-0.25, -0.2) is 0 Å². The fourth-order valence-corrected chi connectivity index (χ4v) is 1.10. The van der Waals surface area contributed by atoms with Gasteiger partial charge in [0.05, 0.1) is 9.50 Å². The molecule has 2 aromatic rings. The predicted molar refractivity (Wildman–Crippen MR) is 47.3 cm³/mol. The average Bonchev–Trinajstić information content (AvgIpc) is 2.67. The van der Waals surface area contributed by atoms with Crippen LogP contribution in [0, 0.1) is 0 Å². The average molecular weight is 165 g/mol. The minimum atomic E-state index is -0.323. The molecule has 0 atom stereocenters. The Morgan fingerprint density at radius 3 is 3.17 bits per heavy atom. The summed E-state index contributed by atoms with van der Waals surface area (Å²) in [5.41, 5.74) is 0.186. The first kappa shape index (κ1) is 4.55. The molecule has 1 N–H and O–H groups in total. The fourth-order valence-electron chi connectivity index (χ4n) is 1.10. The summed E-state index contributed by atoms with van der Waals surface area (Å²) in [6.07, 6.45) is 0.647. The number of rotatable bonds is 1. The van der Waals surface area contributed by atoms with E-state index in [1.807, 2.05) is 6.92 Å². The van der Waals surface area contributed by atoms with E-state index in [1.165, 1.54) is 0 Å². The smallest absolute Gasteiger partial charge is 0.137 e. The second-order valence-electron chi connectivity index (χ2n) is 2.53. The van der Waals surface area contributed by atoms with E-state index in [0.29, 0.717) is 17.6 Å². The van der Waals surface area contributed by atoms with Gasteiger partial charge in [0, 0.05) is 6.42 Å². The maximum atomic E-state index is 9.62. The molecule has 0 saturated heterocycles. The van der Waals surface area contributed by atoms with Crippen LogP contribution in [-0.2, 0) is 6.42 Å². The highest BCUT2D eigenvalue weighted by molar-refractivity contribution is 5.84. The lowest BCUT2D eigenvalue weighted by Gasteiger charge is -1.89. The molecule has 62 valence electrons. The quantitative estimate of drug-likeness (QED) is 0.704. The molecule has 0 radical (unpaired) electrons. The van der Waals surface area contributed by atoms with Gasteiger partial charge in [-0.1, -0.05) is 13.0 Å². The molecule has 2 nitrogen and oxygen atoms in total. The Bertz CT molecular complexity index is 486. The summed E-state index contributed by atoms with van der Waals surface area (Å²) in [5, 5.41) is 9.97. The molecule has 0 unspecified atom stereocenters. The number of hydrogen-bond donors (Lipinski definition) is 1. The van der Waals surface area contributed by atoms with Gasteiger partial charge in [0.15, 0.2) is 0 Å². The number of furan rings is 1. The summed E-state index contributed by atoms with van der Waals surface area (Å²) in [6, 6.07) is 0.834. The molecule has 0 aliphatic rings. The second kappa shape index (κ2) is 2.55. The van der Waals surface area contributed by atoms with Crippen molar-refractivity contribution < 1.29 is 13.6 Å². The molecule has 0 spiro atoms. The van der Waals surface area contributed by atoms with Crippen molar-refractivity contribution >= 4 is 11.0 Å². The number of phenolic OH excluding ortho intramolecular Hbond substituents is 1. The fraction of sp³-hybridized carbons (Fsp3) is 0.200. The third kappa shape index (κ3) is 0.961. The van der Waals surface area contributed by atoms with Crippen LogP contribution in [0.1, 0.15) is 16.8 Å². The highest BCUT2D eigenvalue weighted by Gasteiger charge is 2.04. The van der Waals surface area contributed by atoms with Gasteiger partial charge >= 0.3 is 0 Å². The lowest BCUT2D eigenvalue weighted by Crippen LogP contribution is -1.67. The maximum Gasteiger partial charge on any atom is 0.137 e. The first-order valence-electron chi connectivity index (χ1n) is 5.27. The molecule has 1 heterocycles. The van der Waals surface area contributed by atoms with E-state index >= 15 is 0 Å². The minimum Gasteiger partial charge on any atom is -0.507 e. The summed E-state index contributed by atoms with van der Waals surface area (Å²) in [4.78, 5) is 0. The standard InChI is InChI=1S/C10H10O2/c1-2-7-6-8-9(11)4-3-5-10(8)12-7/h3-6,11H,2H2,1H3/i3D,4D,5D. The Balaban J connectivity index is 2.90. The summed E-state index contributed by atoms with van der Waals surface area (Å²) in [7, 11) is 0. The van der Waals surface area contributed by atoms with Gasteiger partial charge in [0.25, 0.3) is 0 Å². The SMILES string of the molecule is [2H]c1c([2H])c([2H])c2oc(CC)cc2c1O. The van der Waals surface area contributed by atoms with Crippen LogP contribution in [0.2, 0.25) is 0 Å². The Kier molecular flexibility index (Phi) is 0.969. The summed E-state index contributed by atoms with van der Waals surface area (Å²) < 4.78 is 27.8. The van der Waals surface area contributed by atoms with Crippen LogP contribution in [0.25, 0.3) is 11.0 Å². The molecule has 0 saturated carbocycles. The zero-order chi connectivity index (χ0) is 11.2. The Labute approximate surface area is 74.6 Å². The van der Waals surface area contributed by atoms with E-state index in [9.17, 15) is 5.11 Å². The third-order valence-electron chi connectivity index (χ3n) is 1.74. The molecule has 0 aliphatic carbocycles. The van der Waals surface area contributed by atoms with E-state index in [4.69, 9.17) is 8.53 Å². The molecular weight excluding hydrogens is 152 g/mol. The van der Waals surface area contributed by atoms with Crippen LogP contribution in [0.15, 0.2) is 28.6 Å². The van der Waals surface area contributed by atoms with Crippen LogP contribution >= 0.6 is 0 Å². The second-order valence-corrected chi connectivity index (χ2v) is 2.53. The normalized spacial score (nSPS) is 14.2. The Morgan fingerprint density at radius 1 is 1.58 bits per heavy atom. The van der Waals surface area contributed by atoms with Gasteiger partial charge in [0.1, 0.15) is 17.1 Å². The van der Waals surface area contributed by atoms with Crippen LogP contribution < -0.4 is 0 Å². The molecular formula is C10H10O2. The van der Waals surface area contributed by atoms with E-state index in [2.05, 4.69) is 0 Å². The lowest BCUT2D eigenvalue weighted by molar-refractivity contribution is 0.481. The van der Waals surface area contributed by atoms with Gasteiger partial charge in [-0.2, -0.15) is 0 Å². The lowest BCUT2D eigenvalue weighted by atomic mass is 10.2. The van der Waals surface area contributed by atoms with Crippen molar-refractivity contribution in [2.24, 2.45) is 0 Å². The number of hydrogen-bond acceptors (Lipinski definition) is 2. The van der Waals surface area contributed by atoms with Gasteiger partial charge in [-0.05, 0) is 18.2 Å².